The summed E-state index contributed by atoms with van der Waals surface area (Å²) in [7, 11) is 0. The van der Waals surface area contributed by atoms with Gasteiger partial charge in [-0.1, -0.05) is 0 Å². The molecule has 1 atom stereocenters. The molecule has 22 heavy (non-hydrogen) atoms. The van der Waals surface area contributed by atoms with E-state index < -0.39 is 0 Å². The van der Waals surface area contributed by atoms with E-state index >= 15 is 0 Å². The molecule has 2 fully saturated rings. The van der Waals surface area contributed by atoms with Crippen LogP contribution in [0.1, 0.15) is 39.5 Å². The van der Waals surface area contributed by atoms with Gasteiger partial charge in [0, 0.05) is 45.4 Å². The van der Waals surface area contributed by atoms with Gasteiger partial charge in [-0.25, -0.2) is 0 Å². The first-order chi connectivity index (χ1) is 10.3. The molecule has 0 radical (unpaired) electrons. The van der Waals surface area contributed by atoms with Gasteiger partial charge in [0.15, 0.2) is 5.96 Å². The molecular formula is C16H33IN4O. The minimum absolute atomic E-state index is 0. The van der Waals surface area contributed by atoms with Crippen molar-refractivity contribution in [3.05, 3.63) is 0 Å². The minimum Gasteiger partial charge on any atom is -0.382 e. The van der Waals surface area contributed by atoms with E-state index in [1.165, 1.54) is 32.4 Å². The largest absolute Gasteiger partial charge is 0.382 e. The lowest BCUT2D eigenvalue weighted by Crippen LogP contribution is -2.38. The smallest absolute Gasteiger partial charge is 0.191 e. The standard InChI is InChI=1S/C16H32N4O.HI/c1-3-17-16(18-9-5-11-21-4-2)19-12-14-8-10-20(13-14)15-6-7-15;/h14-15H,3-13H2,1-2H3,(H2,17,18,19);1H. The molecule has 2 rings (SSSR count). The molecule has 0 aromatic rings. The first kappa shape index (κ1) is 20.0. The second kappa shape index (κ2) is 11.5. The SMILES string of the molecule is CCNC(=NCC1CCN(C2CC2)C1)NCCCOCC.I. The average molecular weight is 424 g/mol. The maximum absolute atomic E-state index is 5.35. The summed E-state index contributed by atoms with van der Waals surface area (Å²) in [6.07, 6.45) is 5.17. The van der Waals surface area contributed by atoms with Gasteiger partial charge in [-0.15, -0.1) is 24.0 Å². The zero-order valence-electron chi connectivity index (χ0n) is 14.1. The molecule has 0 amide bonds. The van der Waals surface area contributed by atoms with Crippen LogP contribution in [-0.4, -0.2) is 62.8 Å². The predicted octanol–water partition coefficient (Wildman–Crippen LogP) is 2.07. The Labute approximate surface area is 152 Å². The van der Waals surface area contributed by atoms with Gasteiger partial charge in [-0.05, 0) is 52.0 Å². The summed E-state index contributed by atoms with van der Waals surface area (Å²) in [6.45, 7) is 11.1. The van der Waals surface area contributed by atoms with Crippen molar-refractivity contribution in [3.8, 4) is 0 Å². The Hall–Kier alpha value is -0.0800. The fourth-order valence-electron chi connectivity index (χ4n) is 2.87. The maximum atomic E-state index is 5.35. The Bertz CT molecular complexity index is 323. The molecule has 130 valence electrons. The van der Waals surface area contributed by atoms with Crippen molar-refractivity contribution in [2.45, 2.75) is 45.6 Å². The number of rotatable bonds is 9. The van der Waals surface area contributed by atoms with Crippen LogP contribution >= 0.6 is 24.0 Å². The van der Waals surface area contributed by atoms with E-state index in [0.717, 1.165) is 57.2 Å². The van der Waals surface area contributed by atoms with Gasteiger partial charge in [0.2, 0.25) is 0 Å². The van der Waals surface area contributed by atoms with E-state index in [9.17, 15) is 0 Å². The van der Waals surface area contributed by atoms with Crippen LogP contribution < -0.4 is 10.6 Å². The fourth-order valence-corrected chi connectivity index (χ4v) is 2.87. The lowest BCUT2D eigenvalue weighted by atomic mass is 10.1. The number of hydrogen-bond acceptors (Lipinski definition) is 3. The van der Waals surface area contributed by atoms with Crippen molar-refractivity contribution in [3.63, 3.8) is 0 Å². The Morgan fingerprint density at radius 2 is 2.05 bits per heavy atom. The molecule has 0 aromatic carbocycles. The van der Waals surface area contributed by atoms with E-state index in [4.69, 9.17) is 9.73 Å². The molecule has 0 bridgehead atoms. The van der Waals surface area contributed by atoms with Crippen LogP contribution in [0.3, 0.4) is 0 Å². The van der Waals surface area contributed by atoms with Crippen LogP contribution in [0, 0.1) is 5.92 Å². The van der Waals surface area contributed by atoms with Crippen LogP contribution in [0.15, 0.2) is 4.99 Å². The molecular weight excluding hydrogens is 391 g/mol. The summed E-state index contributed by atoms with van der Waals surface area (Å²) in [4.78, 5) is 7.41. The molecule has 1 saturated carbocycles. The number of halogens is 1. The van der Waals surface area contributed by atoms with Gasteiger partial charge in [0.1, 0.15) is 0 Å². The number of nitrogens with zero attached hydrogens (tertiary/aromatic N) is 2. The maximum Gasteiger partial charge on any atom is 0.191 e. The zero-order valence-corrected chi connectivity index (χ0v) is 16.5. The van der Waals surface area contributed by atoms with E-state index in [-0.39, 0.29) is 24.0 Å². The highest BCUT2D eigenvalue weighted by atomic mass is 127. The summed E-state index contributed by atoms with van der Waals surface area (Å²) >= 11 is 0. The highest BCUT2D eigenvalue weighted by Gasteiger charge is 2.34. The lowest BCUT2D eigenvalue weighted by Gasteiger charge is -2.15. The monoisotopic (exact) mass is 424 g/mol. The van der Waals surface area contributed by atoms with E-state index in [2.05, 4.69) is 22.5 Å². The number of likely N-dealkylation sites (tertiary alicyclic amines) is 1. The molecule has 0 aromatic heterocycles. The minimum atomic E-state index is 0. The third-order valence-electron chi connectivity index (χ3n) is 4.19. The topological polar surface area (TPSA) is 48.9 Å². The van der Waals surface area contributed by atoms with Gasteiger partial charge < -0.3 is 20.3 Å². The predicted molar refractivity (Wildman–Crippen MR) is 103 cm³/mol. The average Bonchev–Trinajstić information content (AvgIpc) is 3.23. The van der Waals surface area contributed by atoms with E-state index in [1.807, 2.05) is 6.92 Å². The number of nitrogens with one attached hydrogen (secondary N) is 2. The summed E-state index contributed by atoms with van der Waals surface area (Å²) < 4.78 is 5.35. The number of hydrogen-bond donors (Lipinski definition) is 2. The second-order valence-corrected chi connectivity index (χ2v) is 6.08. The van der Waals surface area contributed by atoms with Crippen LogP contribution in [0.25, 0.3) is 0 Å². The van der Waals surface area contributed by atoms with E-state index in [1.54, 1.807) is 0 Å². The van der Waals surface area contributed by atoms with Gasteiger partial charge in [0.25, 0.3) is 0 Å². The molecule has 5 nitrogen and oxygen atoms in total. The quantitative estimate of drug-likeness (QED) is 0.258. The molecule has 6 heteroatoms. The Morgan fingerprint density at radius 1 is 1.23 bits per heavy atom. The van der Waals surface area contributed by atoms with Crippen molar-refractivity contribution in [2.75, 3.05) is 45.9 Å². The fraction of sp³-hybridized carbons (Fsp3) is 0.938. The van der Waals surface area contributed by atoms with Crippen LogP contribution in [0.5, 0.6) is 0 Å². The number of guanidine groups is 1. The van der Waals surface area contributed by atoms with Gasteiger partial charge >= 0.3 is 0 Å². The first-order valence-electron chi connectivity index (χ1n) is 8.67. The van der Waals surface area contributed by atoms with Crippen LogP contribution in [-0.2, 0) is 4.74 Å². The van der Waals surface area contributed by atoms with Crippen molar-refractivity contribution in [1.29, 1.82) is 0 Å². The summed E-state index contributed by atoms with van der Waals surface area (Å²) in [5.74, 6) is 1.70. The molecule has 1 unspecified atom stereocenters. The third-order valence-corrected chi connectivity index (χ3v) is 4.19. The molecule has 2 N–H and O–H groups in total. The lowest BCUT2D eigenvalue weighted by molar-refractivity contribution is 0.145. The molecule has 2 aliphatic rings. The Morgan fingerprint density at radius 3 is 2.73 bits per heavy atom. The molecule has 1 aliphatic carbocycles. The molecule has 1 aliphatic heterocycles. The van der Waals surface area contributed by atoms with Crippen molar-refractivity contribution >= 4 is 29.9 Å². The van der Waals surface area contributed by atoms with Crippen molar-refractivity contribution in [1.82, 2.24) is 15.5 Å². The summed E-state index contributed by atoms with van der Waals surface area (Å²) in [5, 5.41) is 6.72. The highest BCUT2D eigenvalue weighted by molar-refractivity contribution is 14.0. The van der Waals surface area contributed by atoms with Crippen LogP contribution in [0.2, 0.25) is 0 Å². The molecule has 1 saturated heterocycles. The first-order valence-corrected chi connectivity index (χ1v) is 8.67. The van der Waals surface area contributed by atoms with Gasteiger partial charge in [-0.2, -0.15) is 0 Å². The zero-order chi connectivity index (χ0) is 14.9. The van der Waals surface area contributed by atoms with Crippen LogP contribution in [0.4, 0.5) is 0 Å². The Kier molecular flexibility index (Phi) is 10.4. The second-order valence-electron chi connectivity index (χ2n) is 6.08. The van der Waals surface area contributed by atoms with Crippen molar-refractivity contribution in [2.24, 2.45) is 10.9 Å². The normalized spacial score (nSPS) is 22.5. The summed E-state index contributed by atoms with van der Waals surface area (Å²) in [6, 6.07) is 0.906. The Balaban J connectivity index is 0.00000242. The summed E-state index contributed by atoms with van der Waals surface area (Å²) in [5.41, 5.74) is 0. The highest BCUT2D eigenvalue weighted by Crippen LogP contribution is 2.31. The van der Waals surface area contributed by atoms with Gasteiger partial charge in [0.05, 0.1) is 0 Å². The van der Waals surface area contributed by atoms with Crippen molar-refractivity contribution < 1.29 is 4.74 Å². The van der Waals surface area contributed by atoms with E-state index in [0.29, 0.717) is 0 Å². The molecule has 1 heterocycles. The number of ether oxygens (including phenoxy) is 1. The third kappa shape index (κ3) is 7.46. The number of aliphatic imine (C=N–C) groups is 1. The van der Waals surface area contributed by atoms with Gasteiger partial charge in [-0.3, -0.25) is 4.99 Å². The molecule has 0 spiro atoms.